The maximum absolute atomic E-state index is 12.3. The molecular weight excluding hydrogens is 424 g/mol. The van der Waals surface area contributed by atoms with Crippen LogP contribution < -0.4 is 0 Å². The topological polar surface area (TPSA) is 63.7 Å². The molecule has 3 rings (SSSR count). The zero-order valence-electron chi connectivity index (χ0n) is 12.9. The summed E-state index contributed by atoms with van der Waals surface area (Å²) in [6.45, 7) is -0.650. The Morgan fingerprint density at radius 1 is 0.885 bits per heavy atom. The Balaban J connectivity index is 1.68. The minimum atomic E-state index is -0.761. The molecule has 0 saturated heterocycles. The van der Waals surface area contributed by atoms with Crippen molar-refractivity contribution < 1.29 is 19.1 Å². The molecule has 0 fully saturated rings. The molecule has 0 bridgehead atoms. The summed E-state index contributed by atoms with van der Waals surface area (Å²) < 4.78 is 5.09. The van der Waals surface area contributed by atoms with Gasteiger partial charge in [-0.2, -0.15) is 0 Å². The van der Waals surface area contributed by atoms with Gasteiger partial charge in [-0.1, -0.05) is 52.5 Å². The van der Waals surface area contributed by atoms with Crippen molar-refractivity contribution in [3.8, 4) is 0 Å². The van der Waals surface area contributed by atoms with Crippen molar-refractivity contribution in [1.82, 2.24) is 4.90 Å². The smallest absolute Gasteiger partial charge is 0.326 e. The van der Waals surface area contributed by atoms with Crippen molar-refractivity contribution in [1.29, 1.82) is 0 Å². The van der Waals surface area contributed by atoms with E-state index in [-0.39, 0.29) is 27.8 Å². The number of rotatable bonds is 4. The van der Waals surface area contributed by atoms with Crippen molar-refractivity contribution in [2.75, 3.05) is 6.54 Å². The molecule has 26 heavy (non-hydrogen) atoms. The molecule has 2 amide bonds. The Hall–Kier alpha value is -1.79. The van der Waals surface area contributed by atoms with Gasteiger partial charge in [0.05, 0.1) is 21.2 Å². The second-order valence-corrected chi connectivity index (χ2v) is 7.06. The number of hydrogen-bond donors (Lipinski definition) is 0. The molecule has 0 radical (unpaired) electrons. The Kier molecular flexibility index (Phi) is 5.44. The third kappa shape index (κ3) is 3.67. The molecule has 1 aliphatic heterocycles. The molecule has 5 nitrogen and oxygen atoms in total. The van der Waals surface area contributed by atoms with E-state index in [0.29, 0.717) is 15.6 Å². The number of ether oxygens (including phenoxy) is 1. The minimum absolute atomic E-state index is 0.0953. The summed E-state index contributed by atoms with van der Waals surface area (Å²) in [5.41, 5.74) is 0.737. The van der Waals surface area contributed by atoms with Crippen molar-refractivity contribution in [3.05, 3.63) is 67.1 Å². The molecule has 0 atom stereocenters. The van der Waals surface area contributed by atoms with Crippen LogP contribution in [0.2, 0.25) is 20.1 Å². The Morgan fingerprint density at radius 3 is 2.00 bits per heavy atom. The van der Waals surface area contributed by atoms with Crippen LogP contribution in [0.15, 0.2) is 30.3 Å². The monoisotopic (exact) mass is 431 g/mol. The first-order chi connectivity index (χ1) is 12.3. The molecule has 0 N–H and O–H groups in total. The zero-order chi connectivity index (χ0) is 19.0. The van der Waals surface area contributed by atoms with Crippen LogP contribution in [0.5, 0.6) is 0 Å². The fraction of sp³-hybridized carbons (Fsp3) is 0.118. The van der Waals surface area contributed by atoms with E-state index in [2.05, 4.69) is 0 Å². The van der Waals surface area contributed by atoms with E-state index in [0.717, 1.165) is 4.90 Å². The van der Waals surface area contributed by atoms with E-state index in [1.807, 2.05) is 0 Å². The first-order valence-corrected chi connectivity index (χ1v) is 8.74. The summed E-state index contributed by atoms with van der Waals surface area (Å²) in [5.74, 6) is -2.03. The summed E-state index contributed by atoms with van der Waals surface area (Å²) in [5, 5.41) is 1.09. The van der Waals surface area contributed by atoms with Crippen molar-refractivity contribution >= 4 is 64.2 Å². The van der Waals surface area contributed by atoms with E-state index in [9.17, 15) is 14.4 Å². The molecule has 0 aromatic heterocycles. The maximum Gasteiger partial charge on any atom is 0.326 e. The normalized spacial score (nSPS) is 13.2. The van der Waals surface area contributed by atoms with Gasteiger partial charge in [0.15, 0.2) is 0 Å². The third-order valence-corrected chi connectivity index (χ3v) is 5.01. The highest BCUT2D eigenvalue weighted by Gasteiger charge is 2.37. The van der Waals surface area contributed by atoms with Crippen molar-refractivity contribution in [2.45, 2.75) is 6.61 Å². The van der Waals surface area contributed by atoms with Gasteiger partial charge in [-0.25, -0.2) is 0 Å². The quantitative estimate of drug-likeness (QED) is 0.521. The average molecular weight is 433 g/mol. The Bertz CT molecular complexity index is 904. The minimum Gasteiger partial charge on any atom is -0.459 e. The molecule has 9 heteroatoms. The predicted molar refractivity (Wildman–Crippen MR) is 98.1 cm³/mol. The lowest BCUT2D eigenvalue weighted by Gasteiger charge is -2.13. The Labute approximate surface area is 168 Å². The van der Waals surface area contributed by atoms with Gasteiger partial charge >= 0.3 is 5.97 Å². The first kappa shape index (κ1) is 19.0. The van der Waals surface area contributed by atoms with Gasteiger partial charge in [0.25, 0.3) is 11.8 Å². The fourth-order valence-corrected chi connectivity index (χ4v) is 3.19. The number of amides is 2. The number of fused-ring (bicyclic) bond motifs is 1. The van der Waals surface area contributed by atoms with Gasteiger partial charge in [-0.15, -0.1) is 0 Å². The highest BCUT2D eigenvalue weighted by Crippen LogP contribution is 2.31. The van der Waals surface area contributed by atoms with E-state index < -0.39 is 24.3 Å². The summed E-state index contributed by atoms with van der Waals surface area (Å²) in [6.07, 6.45) is 0. The summed E-state index contributed by atoms with van der Waals surface area (Å²) in [7, 11) is 0. The SMILES string of the molecule is O=C(CN1C(=O)c2cc(Cl)c(Cl)cc2C1=O)OCc1ccc(Cl)cc1Cl. The number of imide groups is 1. The molecule has 0 aliphatic carbocycles. The lowest BCUT2D eigenvalue weighted by molar-refractivity contribution is -0.145. The number of carbonyl (C=O) groups is 3. The van der Waals surface area contributed by atoms with Crippen LogP contribution in [0.3, 0.4) is 0 Å². The molecule has 1 heterocycles. The fourth-order valence-electron chi connectivity index (χ4n) is 2.40. The van der Waals surface area contributed by atoms with Gasteiger partial charge in [-0.05, 0) is 24.3 Å². The van der Waals surface area contributed by atoms with Gasteiger partial charge < -0.3 is 4.74 Å². The molecule has 0 saturated carbocycles. The second kappa shape index (κ2) is 7.45. The molecule has 2 aromatic carbocycles. The maximum atomic E-state index is 12.3. The van der Waals surface area contributed by atoms with Crippen LogP contribution in [0, 0.1) is 0 Å². The van der Waals surface area contributed by atoms with Crippen LogP contribution in [0.1, 0.15) is 26.3 Å². The van der Waals surface area contributed by atoms with E-state index in [4.69, 9.17) is 51.1 Å². The van der Waals surface area contributed by atoms with E-state index >= 15 is 0 Å². The van der Waals surface area contributed by atoms with Crippen LogP contribution >= 0.6 is 46.4 Å². The van der Waals surface area contributed by atoms with Gasteiger partial charge in [0.1, 0.15) is 13.2 Å². The number of hydrogen-bond acceptors (Lipinski definition) is 4. The lowest BCUT2D eigenvalue weighted by Crippen LogP contribution is -2.35. The average Bonchev–Trinajstić information content (AvgIpc) is 2.79. The van der Waals surface area contributed by atoms with Gasteiger partial charge in [-0.3, -0.25) is 19.3 Å². The van der Waals surface area contributed by atoms with Gasteiger partial charge in [0.2, 0.25) is 0 Å². The molecule has 0 unspecified atom stereocenters. The summed E-state index contributed by atoms with van der Waals surface area (Å²) >= 11 is 23.5. The standard InChI is InChI=1S/C17H9Cl4NO4/c18-9-2-1-8(12(19)3-9)7-26-15(23)6-22-16(24)10-4-13(20)14(21)5-11(10)17(22)25/h1-5H,6-7H2. The number of benzene rings is 2. The van der Waals surface area contributed by atoms with E-state index in [1.165, 1.54) is 18.2 Å². The van der Waals surface area contributed by atoms with Crippen molar-refractivity contribution in [2.24, 2.45) is 0 Å². The highest BCUT2D eigenvalue weighted by atomic mass is 35.5. The zero-order valence-corrected chi connectivity index (χ0v) is 15.9. The largest absolute Gasteiger partial charge is 0.459 e. The molecule has 0 spiro atoms. The van der Waals surface area contributed by atoms with Crippen LogP contribution in [0.25, 0.3) is 0 Å². The number of halogens is 4. The Morgan fingerprint density at radius 2 is 1.46 bits per heavy atom. The lowest BCUT2D eigenvalue weighted by atomic mass is 10.1. The van der Waals surface area contributed by atoms with Crippen LogP contribution in [-0.4, -0.2) is 29.2 Å². The van der Waals surface area contributed by atoms with Crippen LogP contribution in [-0.2, 0) is 16.1 Å². The van der Waals surface area contributed by atoms with Crippen molar-refractivity contribution in [3.63, 3.8) is 0 Å². The number of esters is 1. The second-order valence-electron chi connectivity index (χ2n) is 5.40. The third-order valence-electron chi connectivity index (χ3n) is 3.70. The molecule has 1 aliphatic rings. The summed E-state index contributed by atoms with van der Waals surface area (Å²) in [4.78, 5) is 37.5. The van der Waals surface area contributed by atoms with E-state index in [1.54, 1.807) is 12.1 Å². The number of nitrogens with zero attached hydrogens (tertiary/aromatic N) is 1. The molecular formula is C17H9Cl4NO4. The summed E-state index contributed by atoms with van der Waals surface area (Å²) in [6, 6.07) is 7.35. The predicted octanol–water partition coefficient (Wildman–Crippen LogP) is 4.64. The molecule has 2 aromatic rings. The first-order valence-electron chi connectivity index (χ1n) is 7.22. The highest BCUT2D eigenvalue weighted by molar-refractivity contribution is 6.43. The molecule has 134 valence electrons. The van der Waals surface area contributed by atoms with Gasteiger partial charge in [0, 0.05) is 15.6 Å². The van der Waals surface area contributed by atoms with Crippen LogP contribution in [0.4, 0.5) is 0 Å². The number of carbonyl (C=O) groups excluding carboxylic acids is 3.